The molecule has 0 heterocycles. The number of rotatable bonds is 7. The van der Waals surface area contributed by atoms with Crippen molar-refractivity contribution in [3.63, 3.8) is 0 Å². The van der Waals surface area contributed by atoms with Crippen molar-refractivity contribution in [2.75, 3.05) is 13.1 Å². The second-order valence-corrected chi connectivity index (χ2v) is 6.61. The molecule has 0 bridgehead atoms. The zero-order valence-corrected chi connectivity index (χ0v) is 14.5. The Morgan fingerprint density at radius 3 is 2.40 bits per heavy atom. The lowest BCUT2D eigenvalue weighted by Crippen LogP contribution is -2.38. The van der Waals surface area contributed by atoms with Crippen molar-refractivity contribution in [2.45, 2.75) is 26.4 Å². The molecule has 1 amide bonds. The second-order valence-electron chi connectivity index (χ2n) is 6.61. The minimum absolute atomic E-state index is 0.118. The number of halogens is 1. The van der Waals surface area contributed by atoms with Crippen LogP contribution in [0.1, 0.15) is 31.1 Å². The Hall–Kier alpha value is -2.40. The van der Waals surface area contributed by atoms with E-state index in [2.05, 4.69) is 0 Å². The molecule has 0 saturated heterocycles. The Bertz CT molecular complexity index is 700. The molecule has 2 aromatic carbocycles. The summed E-state index contributed by atoms with van der Waals surface area (Å²) in [5.41, 5.74) is 1.29. The number of aliphatic hydroxyl groups is 1. The molecule has 0 saturated carbocycles. The number of nitrogens with zero attached hydrogens (tertiary/aromatic N) is 1. The first kappa shape index (κ1) is 18.9. The molecule has 2 N–H and O–H groups in total. The van der Waals surface area contributed by atoms with E-state index in [9.17, 15) is 19.4 Å². The molecule has 0 aliphatic heterocycles. The van der Waals surface area contributed by atoms with Crippen LogP contribution in [0, 0.1) is 11.7 Å². The van der Waals surface area contributed by atoms with Crippen molar-refractivity contribution < 1.29 is 19.4 Å². The van der Waals surface area contributed by atoms with Crippen molar-refractivity contribution >= 4 is 5.91 Å². The summed E-state index contributed by atoms with van der Waals surface area (Å²) in [6, 6.07) is 12.2. The third-order valence-corrected chi connectivity index (χ3v) is 3.85. The monoisotopic (exact) mass is 345 g/mol. The van der Waals surface area contributed by atoms with Gasteiger partial charge in [0.25, 0.3) is 0 Å². The summed E-state index contributed by atoms with van der Waals surface area (Å²) in [5, 5.41) is 19.9. The lowest BCUT2D eigenvalue weighted by Gasteiger charge is -2.27. The molecule has 0 radical (unpaired) electrons. The smallest absolute Gasteiger partial charge is 0.227 e. The molecule has 5 heteroatoms. The van der Waals surface area contributed by atoms with Gasteiger partial charge in [0, 0.05) is 6.54 Å². The first-order chi connectivity index (χ1) is 11.8. The van der Waals surface area contributed by atoms with Gasteiger partial charge >= 0.3 is 0 Å². The number of hydrogen-bond donors (Lipinski definition) is 2. The zero-order valence-electron chi connectivity index (χ0n) is 14.5. The maximum atomic E-state index is 13.0. The van der Waals surface area contributed by atoms with E-state index in [0.29, 0.717) is 12.1 Å². The van der Waals surface area contributed by atoms with Gasteiger partial charge in [-0.05, 0) is 41.3 Å². The Morgan fingerprint density at radius 1 is 1.12 bits per heavy atom. The Labute approximate surface area is 147 Å². The maximum Gasteiger partial charge on any atom is 0.227 e. The third-order valence-electron chi connectivity index (χ3n) is 3.85. The number of phenols is 1. The van der Waals surface area contributed by atoms with Crippen LogP contribution in [0.25, 0.3) is 0 Å². The highest BCUT2D eigenvalue weighted by molar-refractivity contribution is 5.79. The molecule has 0 spiro atoms. The molecule has 1 atom stereocenters. The van der Waals surface area contributed by atoms with E-state index in [4.69, 9.17) is 0 Å². The minimum atomic E-state index is -0.882. The van der Waals surface area contributed by atoms with Gasteiger partial charge in [0.1, 0.15) is 11.6 Å². The van der Waals surface area contributed by atoms with E-state index in [-0.39, 0.29) is 36.4 Å². The number of hydrogen-bond acceptors (Lipinski definition) is 3. The Balaban J connectivity index is 2.09. The first-order valence-corrected chi connectivity index (χ1v) is 8.34. The summed E-state index contributed by atoms with van der Waals surface area (Å²) >= 11 is 0. The highest BCUT2D eigenvalue weighted by Crippen LogP contribution is 2.18. The molecular weight excluding hydrogens is 321 g/mol. The number of amides is 1. The molecule has 134 valence electrons. The van der Waals surface area contributed by atoms with E-state index < -0.39 is 6.10 Å². The van der Waals surface area contributed by atoms with Gasteiger partial charge < -0.3 is 15.1 Å². The highest BCUT2D eigenvalue weighted by atomic mass is 19.1. The molecule has 4 nitrogen and oxygen atoms in total. The third kappa shape index (κ3) is 5.87. The van der Waals surface area contributed by atoms with Gasteiger partial charge in [0.05, 0.1) is 19.1 Å². The number of phenolic OH excluding ortho intramolecular Hbond substituents is 1. The maximum absolute atomic E-state index is 13.0. The van der Waals surface area contributed by atoms with Crippen LogP contribution in [0.5, 0.6) is 5.75 Å². The second kappa shape index (κ2) is 8.62. The summed E-state index contributed by atoms with van der Waals surface area (Å²) in [6.45, 7) is 4.65. The van der Waals surface area contributed by atoms with Gasteiger partial charge in [0.15, 0.2) is 0 Å². The number of carbonyl (C=O) groups excluding carboxylic acids is 1. The van der Waals surface area contributed by atoms with Crippen LogP contribution < -0.4 is 0 Å². The average Bonchev–Trinajstić information content (AvgIpc) is 2.54. The number of benzene rings is 2. The van der Waals surface area contributed by atoms with Gasteiger partial charge in [-0.2, -0.15) is 0 Å². The van der Waals surface area contributed by atoms with Crippen molar-refractivity contribution in [1.82, 2.24) is 4.90 Å². The number of aliphatic hydroxyl groups excluding tert-OH is 1. The summed E-state index contributed by atoms with van der Waals surface area (Å²) < 4.78 is 13.0. The summed E-state index contributed by atoms with van der Waals surface area (Å²) in [4.78, 5) is 14.3. The van der Waals surface area contributed by atoms with Crippen LogP contribution in [-0.2, 0) is 11.2 Å². The van der Waals surface area contributed by atoms with E-state index in [1.807, 2.05) is 13.8 Å². The predicted molar refractivity (Wildman–Crippen MR) is 94.6 cm³/mol. The largest absolute Gasteiger partial charge is 0.508 e. The molecule has 2 rings (SSSR count). The van der Waals surface area contributed by atoms with Gasteiger partial charge in [-0.3, -0.25) is 4.79 Å². The predicted octanol–water partition coefficient (Wildman–Crippen LogP) is 3.29. The standard InChI is InChI=1S/C20H24FNO3/c1-14(2)12-22(13-19(24)16-6-8-17(21)9-7-16)20(25)11-15-4-3-5-18(23)10-15/h3-10,14,19,23-24H,11-13H2,1-2H3. The molecule has 1 unspecified atom stereocenters. The number of carbonyl (C=O) groups is 1. The topological polar surface area (TPSA) is 60.8 Å². The van der Waals surface area contributed by atoms with Crippen LogP contribution in [0.15, 0.2) is 48.5 Å². The van der Waals surface area contributed by atoms with Gasteiger partial charge in [-0.15, -0.1) is 0 Å². The zero-order chi connectivity index (χ0) is 18.4. The lowest BCUT2D eigenvalue weighted by atomic mass is 10.1. The van der Waals surface area contributed by atoms with Crippen molar-refractivity contribution in [3.05, 3.63) is 65.5 Å². The normalized spacial score (nSPS) is 12.2. The van der Waals surface area contributed by atoms with Gasteiger partial charge in [-0.1, -0.05) is 38.1 Å². The SMILES string of the molecule is CC(C)CN(CC(O)c1ccc(F)cc1)C(=O)Cc1cccc(O)c1. The lowest BCUT2D eigenvalue weighted by molar-refractivity contribution is -0.132. The Morgan fingerprint density at radius 2 is 1.80 bits per heavy atom. The van der Waals surface area contributed by atoms with Crippen LogP contribution in [0.3, 0.4) is 0 Å². The molecule has 2 aromatic rings. The fraction of sp³-hybridized carbons (Fsp3) is 0.350. The van der Waals surface area contributed by atoms with Crippen LogP contribution in [-0.4, -0.2) is 34.1 Å². The van der Waals surface area contributed by atoms with Gasteiger partial charge in [0.2, 0.25) is 5.91 Å². The van der Waals surface area contributed by atoms with Crippen LogP contribution in [0.2, 0.25) is 0 Å². The van der Waals surface area contributed by atoms with Gasteiger partial charge in [-0.25, -0.2) is 4.39 Å². The summed E-state index contributed by atoms with van der Waals surface area (Å²) in [5.74, 6) is -0.129. The summed E-state index contributed by atoms with van der Waals surface area (Å²) in [6.07, 6.45) is -0.732. The fourth-order valence-electron chi connectivity index (χ4n) is 2.67. The molecule has 25 heavy (non-hydrogen) atoms. The minimum Gasteiger partial charge on any atom is -0.508 e. The summed E-state index contributed by atoms with van der Waals surface area (Å²) in [7, 11) is 0. The van der Waals surface area contributed by atoms with Crippen LogP contribution >= 0.6 is 0 Å². The van der Waals surface area contributed by atoms with Crippen molar-refractivity contribution in [2.24, 2.45) is 5.92 Å². The molecular formula is C20H24FNO3. The highest BCUT2D eigenvalue weighted by Gasteiger charge is 2.20. The Kier molecular flexibility index (Phi) is 6.53. The molecule has 0 aliphatic rings. The quantitative estimate of drug-likeness (QED) is 0.809. The molecule has 0 aliphatic carbocycles. The average molecular weight is 345 g/mol. The van der Waals surface area contributed by atoms with E-state index >= 15 is 0 Å². The van der Waals surface area contributed by atoms with E-state index in [0.717, 1.165) is 5.56 Å². The molecule has 0 fully saturated rings. The van der Waals surface area contributed by atoms with Crippen molar-refractivity contribution in [1.29, 1.82) is 0 Å². The fourth-order valence-corrected chi connectivity index (χ4v) is 2.67. The van der Waals surface area contributed by atoms with Crippen molar-refractivity contribution in [3.8, 4) is 5.75 Å². The first-order valence-electron chi connectivity index (χ1n) is 8.34. The van der Waals surface area contributed by atoms with E-state index in [1.54, 1.807) is 29.2 Å². The van der Waals surface area contributed by atoms with Crippen LogP contribution in [0.4, 0.5) is 4.39 Å². The molecule has 0 aromatic heterocycles. The number of aromatic hydroxyl groups is 1. The van der Waals surface area contributed by atoms with E-state index in [1.165, 1.54) is 24.3 Å².